The van der Waals surface area contributed by atoms with Crippen LogP contribution in [0, 0.1) is 18.3 Å². The summed E-state index contributed by atoms with van der Waals surface area (Å²) in [6.07, 6.45) is 0. The van der Waals surface area contributed by atoms with Gasteiger partial charge >= 0.3 is 5.97 Å². The number of amidine groups is 1. The maximum Gasteiger partial charge on any atom is 0.367 e. The normalized spacial score (nSPS) is 10.8. The van der Waals surface area contributed by atoms with E-state index in [0.717, 1.165) is 5.56 Å². The number of benzene rings is 2. The number of aryl methyl sites for hydroxylation is 1. The maximum atomic E-state index is 11.9. The quantitative estimate of drug-likeness (QED) is 0.404. The number of hydrogen-bond acceptors (Lipinski definition) is 4. The second-order valence-electron chi connectivity index (χ2n) is 4.38. The van der Waals surface area contributed by atoms with Gasteiger partial charge in [0.25, 0.3) is 0 Å². The van der Waals surface area contributed by atoms with Crippen LogP contribution in [0.1, 0.15) is 27.0 Å². The summed E-state index contributed by atoms with van der Waals surface area (Å²) >= 11 is 0. The minimum absolute atomic E-state index is 0.0952. The van der Waals surface area contributed by atoms with Gasteiger partial charge in [0.05, 0.1) is 11.1 Å². The Hall–Kier alpha value is -3.13. The molecule has 0 radical (unpaired) electrons. The first-order valence-corrected chi connectivity index (χ1v) is 6.23. The molecule has 2 aromatic rings. The zero-order chi connectivity index (χ0) is 15.2. The summed E-state index contributed by atoms with van der Waals surface area (Å²) in [5.41, 5.74) is 7.88. The molecule has 0 bridgehead atoms. The highest BCUT2D eigenvalue weighted by atomic mass is 16.7. The van der Waals surface area contributed by atoms with Crippen molar-refractivity contribution in [3.05, 3.63) is 70.8 Å². The molecule has 2 N–H and O–H groups in total. The largest absolute Gasteiger partial charge is 0.380 e. The summed E-state index contributed by atoms with van der Waals surface area (Å²) in [6.45, 7) is 1.95. The zero-order valence-corrected chi connectivity index (χ0v) is 11.4. The van der Waals surface area contributed by atoms with Crippen LogP contribution < -0.4 is 5.73 Å². The fraction of sp³-hybridized carbons (Fsp3) is 0.0625. The lowest BCUT2D eigenvalue weighted by Crippen LogP contribution is -2.15. The van der Waals surface area contributed by atoms with Crippen molar-refractivity contribution in [2.24, 2.45) is 10.9 Å². The molecule has 0 aliphatic heterocycles. The summed E-state index contributed by atoms with van der Waals surface area (Å²) in [4.78, 5) is 16.7. The number of nitrogens with two attached hydrogens (primary N) is 1. The van der Waals surface area contributed by atoms with Crippen LogP contribution >= 0.6 is 0 Å². The van der Waals surface area contributed by atoms with E-state index in [1.54, 1.807) is 24.3 Å². The molecule has 0 aliphatic rings. The predicted molar refractivity (Wildman–Crippen MR) is 78.5 cm³/mol. The molecular formula is C16H13N3O2. The lowest BCUT2D eigenvalue weighted by Gasteiger charge is -2.03. The Kier molecular flexibility index (Phi) is 4.32. The summed E-state index contributed by atoms with van der Waals surface area (Å²) in [5.74, 6) is -0.625. The van der Waals surface area contributed by atoms with Crippen molar-refractivity contribution in [3.63, 3.8) is 0 Å². The Morgan fingerprint density at radius 2 is 1.86 bits per heavy atom. The van der Waals surface area contributed by atoms with Gasteiger partial charge in [-0.2, -0.15) is 5.26 Å². The Morgan fingerprint density at radius 3 is 2.52 bits per heavy atom. The molecule has 2 aromatic carbocycles. The fourth-order valence-corrected chi connectivity index (χ4v) is 1.68. The van der Waals surface area contributed by atoms with E-state index >= 15 is 0 Å². The minimum atomic E-state index is -0.720. The molecule has 0 aliphatic carbocycles. The molecule has 104 valence electrons. The number of rotatable bonds is 3. The average molecular weight is 279 g/mol. The maximum absolute atomic E-state index is 11.9. The molecule has 0 saturated heterocycles. The third-order valence-electron chi connectivity index (χ3n) is 2.84. The fourth-order valence-electron chi connectivity index (χ4n) is 1.68. The number of nitriles is 1. The number of nitrogens with zero attached hydrogens (tertiary/aromatic N) is 2. The molecule has 0 fully saturated rings. The van der Waals surface area contributed by atoms with E-state index in [2.05, 4.69) is 5.16 Å². The molecule has 2 rings (SSSR count). The summed E-state index contributed by atoms with van der Waals surface area (Å²) in [7, 11) is 0. The van der Waals surface area contributed by atoms with Crippen LogP contribution in [0.2, 0.25) is 0 Å². The molecular weight excluding hydrogens is 266 g/mol. The van der Waals surface area contributed by atoms with Crippen molar-refractivity contribution in [1.29, 1.82) is 5.26 Å². The first-order valence-electron chi connectivity index (χ1n) is 6.23. The molecule has 0 unspecified atom stereocenters. The highest BCUT2D eigenvalue weighted by molar-refractivity contribution is 5.98. The Balaban J connectivity index is 2.15. The van der Waals surface area contributed by atoms with Gasteiger partial charge in [-0.3, -0.25) is 0 Å². The Labute approximate surface area is 122 Å². The molecule has 0 spiro atoms. The number of oxime groups is 1. The highest BCUT2D eigenvalue weighted by Crippen LogP contribution is 2.09. The van der Waals surface area contributed by atoms with Gasteiger partial charge in [0.15, 0.2) is 5.84 Å². The molecule has 0 aromatic heterocycles. The van der Waals surface area contributed by atoms with Crippen molar-refractivity contribution in [3.8, 4) is 6.07 Å². The smallest absolute Gasteiger partial charge is 0.367 e. The lowest BCUT2D eigenvalue weighted by molar-refractivity contribution is 0.0515. The SMILES string of the molecule is Cc1ccc(/C(N)=N/OC(=O)c2ccccc2C#N)cc1. The van der Waals surface area contributed by atoms with Crippen LogP contribution in [-0.2, 0) is 4.84 Å². The molecule has 0 saturated carbocycles. The monoisotopic (exact) mass is 279 g/mol. The topological polar surface area (TPSA) is 88.5 Å². The third kappa shape index (κ3) is 3.45. The van der Waals surface area contributed by atoms with E-state index < -0.39 is 5.97 Å². The highest BCUT2D eigenvalue weighted by Gasteiger charge is 2.12. The van der Waals surface area contributed by atoms with E-state index in [-0.39, 0.29) is 17.0 Å². The van der Waals surface area contributed by atoms with E-state index in [1.165, 1.54) is 12.1 Å². The van der Waals surface area contributed by atoms with Gasteiger partial charge in [-0.05, 0) is 19.1 Å². The van der Waals surface area contributed by atoms with Crippen molar-refractivity contribution in [1.82, 2.24) is 0 Å². The van der Waals surface area contributed by atoms with Crippen molar-refractivity contribution in [2.45, 2.75) is 6.92 Å². The third-order valence-corrected chi connectivity index (χ3v) is 2.84. The van der Waals surface area contributed by atoms with Crippen LogP contribution in [0.5, 0.6) is 0 Å². The standard InChI is InChI=1S/C16H13N3O2/c1-11-6-8-12(9-7-11)15(18)19-21-16(20)14-5-3-2-4-13(14)10-17/h2-9H,1H3,(H2,18,19). The van der Waals surface area contributed by atoms with Gasteiger partial charge in [0.2, 0.25) is 0 Å². The van der Waals surface area contributed by atoms with Gasteiger partial charge in [0.1, 0.15) is 6.07 Å². The Bertz CT molecular complexity index is 728. The van der Waals surface area contributed by atoms with Crippen molar-refractivity contribution < 1.29 is 9.63 Å². The summed E-state index contributed by atoms with van der Waals surface area (Å²) in [6, 6.07) is 15.6. The van der Waals surface area contributed by atoms with Crippen LogP contribution in [0.3, 0.4) is 0 Å². The molecule has 0 atom stereocenters. The predicted octanol–water partition coefficient (Wildman–Crippen LogP) is 2.34. The summed E-state index contributed by atoms with van der Waals surface area (Å²) in [5, 5.41) is 12.5. The second kappa shape index (κ2) is 6.35. The molecule has 5 heteroatoms. The number of hydrogen-bond donors (Lipinski definition) is 1. The molecule has 0 amide bonds. The van der Waals surface area contributed by atoms with E-state index in [9.17, 15) is 4.79 Å². The van der Waals surface area contributed by atoms with E-state index in [0.29, 0.717) is 5.56 Å². The first-order chi connectivity index (χ1) is 10.1. The second-order valence-corrected chi connectivity index (χ2v) is 4.38. The number of carbonyl (C=O) groups excluding carboxylic acids is 1. The van der Waals surface area contributed by atoms with Crippen LogP contribution in [0.15, 0.2) is 53.7 Å². The molecule has 5 nitrogen and oxygen atoms in total. The van der Waals surface area contributed by atoms with Crippen LogP contribution in [0.4, 0.5) is 0 Å². The molecule has 0 heterocycles. The van der Waals surface area contributed by atoms with E-state index in [4.69, 9.17) is 15.8 Å². The first kappa shape index (κ1) is 14.3. The Morgan fingerprint density at radius 1 is 1.19 bits per heavy atom. The van der Waals surface area contributed by atoms with E-state index in [1.807, 2.05) is 25.1 Å². The number of carbonyl (C=O) groups is 1. The van der Waals surface area contributed by atoms with Crippen LogP contribution in [-0.4, -0.2) is 11.8 Å². The van der Waals surface area contributed by atoms with Crippen LogP contribution in [0.25, 0.3) is 0 Å². The average Bonchev–Trinajstić information content (AvgIpc) is 2.52. The minimum Gasteiger partial charge on any atom is -0.380 e. The lowest BCUT2D eigenvalue weighted by atomic mass is 10.1. The van der Waals surface area contributed by atoms with Gasteiger partial charge in [-0.1, -0.05) is 47.1 Å². The zero-order valence-electron chi connectivity index (χ0n) is 11.4. The molecule has 21 heavy (non-hydrogen) atoms. The summed E-state index contributed by atoms with van der Waals surface area (Å²) < 4.78 is 0. The van der Waals surface area contributed by atoms with Gasteiger partial charge in [-0.25, -0.2) is 4.79 Å². The van der Waals surface area contributed by atoms with Gasteiger partial charge in [0, 0.05) is 5.56 Å². The van der Waals surface area contributed by atoms with Gasteiger partial charge in [-0.15, -0.1) is 0 Å². The van der Waals surface area contributed by atoms with Crippen molar-refractivity contribution in [2.75, 3.05) is 0 Å². The van der Waals surface area contributed by atoms with Crippen molar-refractivity contribution >= 4 is 11.8 Å². The van der Waals surface area contributed by atoms with Gasteiger partial charge < -0.3 is 10.6 Å².